The summed E-state index contributed by atoms with van der Waals surface area (Å²) >= 11 is 0. The molecule has 2 rings (SSSR count). The van der Waals surface area contributed by atoms with Crippen LogP contribution in [0.25, 0.3) is 0 Å². The second-order valence-electron chi connectivity index (χ2n) is 2.95. The van der Waals surface area contributed by atoms with Crippen molar-refractivity contribution in [3.8, 4) is 0 Å². The van der Waals surface area contributed by atoms with Gasteiger partial charge in [-0.15, -0.1) is 5.11 Å². The van der Waals surface area contributed by atoms with E-state index >= 15 is 0 Å². The molecule has 0 fully saturated rings. The molecule has 0 aromatic heterocycles. The zero-order valence-electron chi connectivity index (χ0n) is 7.29. The molecule has 0 saturated heterocycles. The maximum absolute atomic E-state index is 11.7. The van der Waals surface area contributed by atoms with E-state index in [1.165, 1.54) is 12.3 Å². The largest absolute Gasteiger partial charge is 0.359 e. The highest BCUT2D eigenvalue weighted by Crippen LogP contribution is 2.21. The van der Waals surface area contributed by atoms with E-state index in [9.17, 15) is 9.90 Å². The summed E-state index contributed by atoms with van der Waals surface area (Å²) in [5.41, 5.74) is -1.39. The second kappa shape index (κ2) is 3.16. The minimum absolute atomic E-state index is 0.417. The Morgan fingerprint density at radius 1 is 1.29 bits per heavy atom. The molecule has 0 saturated carbocycles. The molecule has 70 valence electrons. The summed E-state index contributed by atoms with van der Waals surface area (Å²) in [6, 6.07) is 8.51. The molecular weight excluding hydrogens is 180 g/mol. The number of carbonyl (C=O) groups is 1. The summed E-state index contributed by atoms with van der Waals surface area (Å²) in [4.78, 5) is 11.7. The van der Waals surface area contributed by atoms with Crippen molar-refractivity contribution in [3.63, 3.8) is 0 Å². The van der Waals surface area contributed by atoms with Crippen LogP contribution in [0.3, 0.4) is 0 Å². The maximum atomic E-state index is 11.7. The van der Waals surface area contributed by atoms with Gasteiger partial charge in [0.05, 0.1) is 6.20 Å². The van der Waals surface area contributed by atoms with E-state index in [-0.39, 0.29) is 0 Å². The highest BCUT2D eigenvalue weighted by molar-refractivity contribution is 6.03. The monoisotopic (exact) mass is 188 g/mol. The van der Waals surface area contributed by atoms with Crippen molar-refractivity contribution in [3.05, 3.63) is 48.2 Å². The fraction of sp³-hybridized carbons (Fsp3) is 0.100. The first-order chi connectivity index (χ1) is 6.72. The number of carbonyl (C=O) groups excluding carboxylic acids is 1. The van der Waals surface area contributed by atoms with Gasteiger partial charge in [0.1, 0.15) is 0 Å². The smallest absolute Gasteiger partial charge is 0.261 e. The Kier molecular flexibility index (Phi) is 1.98. The molecule has 1 unspecified atom stereocenters. The third-order valence-electron chi connectivity index (χ3n) is 1.95. The number of rotatable bonds is 2. The standard InChI is InChI=1S/C10H8N2O2/c13-9(8-4-2-1-3-5-8)10(14)6-7-11-12-10/h1-7,14H. The van der Waals surface area contributed by atoms with E-state index in [0.717, 1.165) is 0 Å². The normalized spacial score (nSPS) is 24.1. The third kappa shape index (κ3) is 1.36. The average molecular weight is 188 g/mol. The second-order valence-corrected chi connectivity index (χ2v) is 2.95. The quantitative estimate of drug-likeness (QED) is 0.715. The predicted molar refractivity (Wildman–Crippen MR) is 49.7 cm³/mol. The number of hydrogen-bond donors (Lipinski definition) is 1. The number of ketones is 1. The number of benzene rings is 1. The SMILES string of the molecule is O=C(c1ccccc1)C1(O)C=CN=N1. The van der Waals surface area contributed by atoms with Crippen LogP contribution in [0.4, 0.5) is 0 Å². The topological polar surface area (TPSA) is 62.0 Å². The lowest BCUT2D eigenvalue weighted by Crippen LogP contribution is -2.32. The Morgan fingerprint density at radius 3 is 2.57 bits per heavy atom. The molecule has 0 aliphatic carbocycles. The number of Topliss-reactive ketones (excluding diaryl/α,β-unsaturated/α-hetero) is 1. The van der Waals surface area contributed by atoms with E-state index in [4.69, 9.17) is 0 Å². The van der Waals surface area contributed by atoms with Crippen LogP contribution in [0.2, 0.25) is 0 Å². The van der Waals surface area contributed by atoms with Gasteiger partial charge in [-0.05, 0) is 6.08 Å². The van der Waals surface area contributed by atoms with E-state index in [2.05, 4.69) is 10.2 Å². The first-order valence-electron chi connectivity index (χ1n) is 4.14. The van der Waals surface area contributed by atoms with Crippen LogP contribution in [0.1, 0.15) is 10.4 Å². The lowest BCUT2D eigenvalue weighted by molar-refractivity contribution is 0.0554. The lowest BCUT2D eigenvalue weighted by Gasteiger charge is -2.12. The van der Waals surface area contributed by atoms with Crippen LogP contribution in [0, 0.1) is 0 Å². The minimum atomic E-state index is -1.80. The molecule has 1 N–H and O–H groups in total. The molecule has 4 nitrogen and oxygen atoms in total. The first kappa shape index (κ1) is 8.77. The highest BCUT2D eigenvalue weighted by Gasteiger charge is 2.35. The van der Waals surface area contributed by atoms with Gasteiger partial charge in [0.2, 0.25) is 5.78 Å². The fourth-order valence-corrected chi connectivity index (χ4v) is 1.22. The number of nitrogens with zero attached hydrogens (tertiary/aromatic N) is 2. The molecule has 1 heterocycles. The van der Waals surface area contributed by atoms with Crippen LogP contribution in [0.5, 0.6) is 0 Å². The first-order valence-corrected chi connectivity index (χ1v) is 4.14. The van der Waals surface area contributed by atoms with E-state index < -0.39 is 11.5 Å². The molecule has 0 amide bonds. The Bertz CT molecular complexity index is 397. The van der Waals surface area contributed by atoms with Gasteiger partial charge in [-0.2, -0.15) is 5.11 Å². The van der Waals surface area contributed by atoms with Gasteiger partial charge in [0.25, 0.3) is 5.72 Å². The summed E-state index contributed by atoms with van der Waals surface area (Å²) in [5, 5.41) is 16.6. The number of hydrogen-bond acceptors (Lipinski definition) is 4. The Morgan fingerprint density at radius 2 is 2.00 bits per heavy atom. The Labute approximate surface area is 80.6 Å². The molecule has 14 heavy (non-hydrogen) atoms. The summed E-state index contributed by atoms with van der Waals surface area (Å²) < 4.78 is 0. The summed E-state index contributed by atoms with van der Waals surface area (Å²) in [7, 11) is 0. The average Bonchev–Trinajstić information content (AvgIpc) is 2.67. The molecule has 1 aliphatic rings. The molecule has 1 aromatic rings. The van der Waals surface area contributed by atoms with Crippen molar-refractivity contribution in [2.45, 2.75) is 5.72 Å². The number of aliphatic hydroxyl groups is 1. The summed E-state index contributed by atoms with van der Waals surface area (Å²) in [6.07, 6.45) is 2.57. The molecule has 1 aliphatic heterocycles. The Balaban J connectivity index is 2.34. The van der Waals surface area contributed by atoms with Gasteiger partial charge >= 0.3 is 0 Å². The van der Waals surface area contributed by atoms with Crippen LogP contribution >= 0.6 is 0 Å². The van der Waals surface area contributed by atoms with Gasteiger partial charge in [0, 0.05) is 5.56 Å². The van der Waals surface area contributed by atoms with Crippen molar-refractivity contribution in [1.82, 2.24) is 0 Å². The number of azo groups is 1. The Hall–Kier alpha value is -1.81. The highest BCUT2D eigenvalue weighted by atomic mass is 16.3. The predicted octanol–water partition coefficient (Wildman–Crippen LogP) is 1.54. The van der Waals surface area contributed by atoms with Crippen LogP contribution < -0.4 is 0 Å². The van der Waals surface area contributed by atoms with Crippen molar-refractivity contribution in [2.75, 3.05) is 0 Å². The molecule has 1 atom stereocenters. The van der Waals surface area contributed by atoms with Crippen molar-refractivity contribution < 1.29 is 9.90 Å². The van der Waals surface area contributed by atoms with E-state index in [1.54, 1.807) is 30.3 Å². The molecule has 0 radical (unpaired) electrons. The van der Waals surface area contributed by atoms with Gasteiger partial charge in [-0.1, -0.05) is 30.3 Å². The van der Waals surface area contributed by atoms with Crippen LogP contribution in [-0.4, -0.2) is 16.6 Å². The summed E-state index contributed by atoms with van der Waals surface area (Å²) in [6.45, 7) is 0. The molecule has 0 bridgehead atoms. The molecule has 0 spiro atoms. The van der Waals surface area contributed by atoms with E-state index in [0.29, 0.717) is 5.56 Å². The maximum Gasteiger partial charge on any atom is 0.261 e. The van der Waals surface area contributed by atoms with Gasteiger partial charge in [-0.3, -0.25) is 4.79 Å². The van der Waals surface area contributed by atoms with Crippen molar-refractivity contribution >= 4 is 5.78 Å². The zero-order chi connectivity index (χ0) is 10.0. The summed E-state index contributed by atoms with van der Waals surface area (Å²) in [5.74, 6) is -0.462. The molecular formula is C10H8N2O2. The van der Waals surface area contributed by atoms with E-state index in [1.807, 2.05) is 0 Å². The van der Waals surface area contributed by atoms with Crippen molar-refractivity contribution in [1.29, 1.82) is 0 Å². The van der Waals surface area contributed by atoms with Crippen molar-refractivity contribution in [2.24, 2.45) is 10.2 Å². The van der Waals surface area contributed by atoms with Gasteiger partial charge in [0.15, 0.2) is 0 Å². The molecule has 1 aromatic carbocycles. The van der Waals surface area contributed by atoms with Gasteiger partial charge < -0.3 is 5.11 Å². The zero-order valence-corrected chi connectivity index (χ0v) is 7.29. The minimum Gasteiger partial charge on any atom is -0.359 e. The van der Waals surface area contributed by atoms with Crippen LogP contribution in [0.15, 0.2) is 52.8 Å². The fourth-order valence-electron chi connectivity index (χ4n) is 1.22. The van der Waals surface area contributed by atoms with Gasteiger partial charge in [-0.25, -0.2) is 0 Å². The third-order valence-corrected chi connectivity index (χ3v) is 1.95. The lowest BCUT2D eigenvalue weighted by atomic mass is 10.0. The van der Waals surface area contributed by atoms with Crippen LogP contribution in [-0.2, 0) is 0 Å². The molecule has 4 heteroatoms.